The van der Waals surface area contributed by atoms with E-state index in [1.165, 1.54) is 6.92 Å². The molecule has 41 heavy (non-hydrogen) atoms. The number of hydrogen-bond acceptors (Lipinski definition) is 8. The molecular formula is C32H45NO7S. The molecule has 0 heterocycles. The third-order valence-electron chi connectivity index (χ3n) is 7.26. The van der Waals surface area contributed by atoms with Crippen LogP contribution in [0.5, 0.6) is 5.75 Å². The second-order valence-electron chi connectivity index (χ2n) is 10.6. The molecule has 1 aliphatic rings. The number of nitrogens with one attached hydrogen (secondary N) is 1. The van der Waals surface area contributed by atoms with Gasteiger partial charge in [-0.25, -0.2) is 8.42 Å². The number of aliphatic hydroxyl groups is 2. The zero-order chi connectivity index (χ0) is 29.5. The highest BCUT2D eigenvalue weighted by atomic mass is 32.2. The number of rotatable bonds is 19. The van der Waals surface area contributed by atoms with Crippen molar-refractivity contribution in [3.8, 4) is 5.75 Å². The average Bonchev–Trinajstić information content (AvgIpc) is 3.52. The second kappa shape index (κ2) is 17.4. The van der Waals surface area contributed by atoms with Gasteiger partial charge in [0.2, 0.25) is 0 Å². The van der Waals surface area contributed by atoms with Crippen LogP contribution in [-0.4, -0.2) is 56.2 Å². The molecule has 0 amide bonds. The summed E-state index contributed by atoms with van der Waals surface area (Å²) in [6.45, 7) is 3.69. The first-order valence-electron chi connectivity index (χ1n) is 14.7. The number of allylic oxidation sites excluding steroid dienone is 2. The fraction of sp³-hybridized carbons (Fsp3) is 0.531. The molecule has 0 bridgehead atoms. The lowest BCUT2D eigenvalue weighted by Crippen LogP contribution is -2.22. The third-order valence-corrected chi connectivity index (χ3v) is 9.43. The Bertz CT molecular complexity index is 1220. The molecule has 0 aromatic heterocycles. The Balaban J connectivity index is 1.18. The van der Waals surface area contributed by atoms with E-state index in [0.29, 0.717) is 47.8 Å². The van der Waals surface area contributed by atoms with E-state index < -0.39 is 21.9 Å². The highest BCUT2D eigenvalue weighted by molar-refractivity contribution is 7.92. The highest BCUT2D eigenvalue weighted by Crippen LogP contribution is 2.26. The van der Waals surface area contributed by atoms with Gasteiger partial charge < -0.3 is 25.0 Å². The number of esters is 1. The van der Waals surface area contributed by atoms with Gasteiger partial charge in [0.05, 0.1) is 22.9 Å². The number of carbonyl (C=O) groups excluding carboxylic acids is 1. The molecule has 9 heteroatoms. The van der Waals surface area contributed by atoms with Crippen LogP contribution < -0.4 is 10.1 Å². The van der Waals surface area contributed by atoms with E-state index in [4.69, 9.17) is 9.47 Å². The van der Waals surface area contributed by atoms with Crippen LogP contribution in [0.1, 0.15) is 81.1 Å². The van der Waals surface area contributed by atoms with Crippen molar-refractivity contribution in [2.75, 3.05) is 26.3 Å². The van der Waals surface area contributed by atoms with Crippen LogP contribution in [-0.2, 0) is 32.4 Å². The molecule has 0 fully saturated rings. The summed E-state index contributed by atoms with van der Waals surface area (Å²) in [6.07, 6.45) is 11.3. The maximum absolute atomic E-state index is 12.8. The fourth-order valence-corrected chi connectivity index (χ4v) is 6.60. The fourth-order valence-electron chi connectivity index (χ4n) is 4.90. The Morgan fingerprint density at radius 1 is 1.00 bits per heavy atom. The molecule has 3 N–H and O–H groups in total. The maximum atomic E-state index is 12.8. The van der Waals surface area contributed by atoms with Crippen molar-refractivity contribution >= 4 is 15.8 Å². The molecule has 0 aliphatic heterocycles. The lowest BCUT2D eigenvalue weighted by molar-refractivity contribution is -0.131. The lowest BCUT2D eigenvalue weighted by Gasteiger charge is -2.15. The molecular weight excluding hydrogens is 542 g/mol. The molecule has 0 saturated carbocycles. The predicted octanol–water partition coefficient (Wildman–Crippen LogP) is 4.82. The number of carbonyl (C=O) groups is 1. The molecule has 0 saturated heterocycles. The monoisotopic (exact) mass is 587 g/mol. The number of benzene rings is 2. The van der Waals surface area contributed by atoms with Crippen LogP contribution in [0.4, 0.5) is 0 Å². The van der Waals surface area contributed by atoms with Crippen LogP contribution in [0.3, 0.4) is 0 Å². The van der Waals surface area contributed by atoms with Gasteiger partial charge in [0.25, 0.3) is 0 Å². The molecule has 3 rings (SSSR count). The summed E-state index contributed by atoms with van der Waals surface area (Å²) in [5, 5.41) is 22.9. The Kier molecular flexibility index (Phi) is 14.0. The third kappa shape index (κ3) is 11.0. The number of sulfone groups is 1. The molecule has 1 atom stereocenters. The van der Waals surface area contributed by atoms with Crippen molar-refractivity contribution in [2.45, 2.75) is 87.6 Å². The van der Waals surface area contributed by atoms with E-state index in [2.05, 4.69) is 5.32 Å². The summed E-state index contributed by atoms with van der Waals surface area (Å²) in [7, 11) is -3.26. The molecule has 2 aromatic rings. The highest BCUT2D eigenvalue weighted by Gasteiger charge is 2.27. The Hall–Kier alpha value is -2.56. The first kappa shape index (κ1) is 32.9. The van der Waals surface area contributed by atoms with Gasteiger partial charge >= 0.3 is 5.97 Å². The van der Waals surface area contributed by atoms with Crippen molar-refractivity contribution < 1.29 is 32.9 Å². The van der Waals surface area contributed by atoms with Gasteiger partial charge in [0, 0.05) is 32.2 Å². The zero-order valence-electron chi connectivity index (χ0n) is 24.1. The van der Waals surface area contributed by atoms with Crippen LogP contribution in [0.15, 0.2) is 59.5 Å². The van der Waals surface area contributed by atoms with E-state index in [9.17, 15) is 23.4 Å². The quantitative estimate of drug-likeness (QED) is 0.0926. The van der Waals surface area contributed by atoms with Crippen molar-refractivity contribution in [3.05, 3.63) is 71.3 Å². The first-order chi connectivity index (χ1) is 19.8. The smallest absolute Gasteiger partial charge is 0.308 e. The summed E-state index contributed by atoms with van der Waals surface area (Å²) in [5.41, 5.74) is 2.19. The minimum atomic E-state index is -3.26. The summed E-state index contributed by atoms with van der Waals surface area (Å²) in [4.78, 5) is 11.6. The summed E-state index contributed by atoms with van der Waals surface area (Å²) in [6, 6.07) is 12.3. The predicted molar refractivity (Wildman–Crippen MR) is 160 cm³/mol. The summed E-state index contributed by atoms with van der Waals surface area (Å²) < 4.78 is 36.5. The number of aryl methyl sites for hydroxylation is 1. The summed E-state index contributed by atoms with van der Waals surface area (Å²) >= 11 is 0. The first-order valence-corrected chi connectivity index (χ1v) is 16.2. The van der Waals surface area contributed by atoms with Gasteiger partial charge in [0.15, 0.2) is 9.84 Å². The van der Waals surface area contributed by atoms with Crippen LogP contribution in [0.2, 0.25) is 0 Å². The molecule has 0 spiro atoms. The number of hydrogen-bond donors (Lipinski definition) is 3. The molecule has 2 aromatic carbocycles. The van der Waals surface area contributed by atoms with Gasteiger partial charge in [-0.2, -0.15) is 0 Å². The molecule has 226 valence electrons. The van der Waals surface area contributed by atoms with E-state index >= 15 is 0 Å². The minimum Gasteiger partial charge on any atom is -0.426 e. The number of ether oxygens (including phenoxy) is 2. The van der Waals surface area contributed by atoms with E-state index in [1.807, 2.05) is 30.4 Å². The average molecular weight is 588 g/mol. The summed E-state index contributed by atoms with van der Waals surface area (Å²) in [5.74, 6) is -0.148. The largest absolute Gasteiger partial charge is 0.426 e. The lowest BCUT2D eigenvalue weighted by atomic mass is 10.1. The van der Waals surface area contributed by atoms with Gasteiger partial charge in [-0.15, -0.1) is 0 Å². The van der Waals surface area contributed by atoms with Gasteiger partial charge in [-0.1, -0.05) is 43.2 Å². The normalized spacial score (nSPS) is 14.4. The molecule has 1 aliphatic carbocycles. The van der Waals surface area contributed by atoms with Crippen LogP contribution in [0.25, 0.3) is 0 Å². The van der Waals surface area contributed by atoms with Crippen molar-refractivity contribution in [1.82, 2.24) is 5.32 Å². The Morgan fingerprint density at radius 3 is 2.46 bits per heavy atom. The van der Waals surface area contributed by atoms with Gasteiger partial charge in [-0.05, 0) is 86.9 Å². The number of unbranched alkanes of at least 4 members (excludes halogenated alkanes) is 4. The van der Waals surface area contributed by atoms with Crippen LogP contribution >= 0.6 is 0 Å². The van der Waals surface area contributed by atoms with E-state index in [1.54, 1.807) is 24.3 Å². The van der Waals surface area contributed by atoms with Crippen molar-refractivity contribution in [2.24, 2.45) is 0 Å². The van der Waals surface area contributed by atoms with Gasteiger partial charge in [0.1, 0.15) is 5.75 Å². The molecule has 0 unspecified atom stereocenters. The topological polar surface area (TPSA) is 122 Å². The van der Waals surface area contributed by atoms with E-state index in [0.717, 1.165) is 63.7 Å². The molecule has 8 nitrogen and oxygen atoms in total. The number of aliphatic hydroxyl groups excluding tert-OH is 2. The minimum absolute atomic E-state index is 0.276. The van der Waals surface area contributed by atoms with Crippen molar-refractivity contribution in [3.63, 3.8) is 0 Å². The SMILES string of the molecule is CC(=O)Oc1ccc([C@@H](O)CNCCCCCCOCCCCc2cccc(S(=O)(=O)C3CC=CC3)c2)cc1CO. The van der Waals surface area contributed by atoms with Crippen molar-refractivity contribution in [1.29, 1.82) is 0 Å². The Morgan fingerprint density at radius 2 is 1.73 bits per heavy atom. The Labute approximate surface area is 244 Å². The standard InChI is InChI=1S/C32H45NO7S/c1-25(35)40-32-17-16-27(22-28(32)24-34)31(36)23-33-18-7-2-3-8-19-39-20-9-6-11-26-12-10-15-30(21-26)41(37,38)29-13-4-5-14-29/h4-5,10,12,15-17,21-22,29,31,33-34,36H,2-3,6-9,11,13-14,18-20,23-24H2,1H3/t31-/m0/s1. The van der Waals surface area contributed by atoms with E-state index in [-0.39, 0.29) is 11.9 Å². The van der Waals surface area contributed by atoms with Gasteiger partial charge in [-0.3, -0.25) is 4.79 Å². The molecule has 0 radical (unpaired) electrons. The zero-order valence-corrected chi connectivity index (χ0v) is 24.9. The van der Waals surface area contributed by atoms with Crippen LogP contribution in [0, 0.1) is 0 Å². The second-order valence-corrected chi connectivity index (χ2v) is 12.8. The maximum Gasteiger partial charge on any atom is 0.308 e.